The van der Waals surface area contributed by atoms with Gasteiger partial charge in [-0.05, 0) is 43.7 Å². The molecule has 0 saturated heterocycles. The van der Waals surface area contributed by atoms with E-state index in [1.165, 1.54) is 11.8 Å². The molecular formula is C18H21NO2S. The average molecular weight is 315 g/mol. The van der Waals surface area contributed by atoms with E-state index in [4.69, 9.17) is 4.74 Å². The standard InChI is InChI=1S/C18H21NO2S/c1-14(2)21-16-8-6-7-15(11-16)12-19-18(20)13-22-17-9-4-3-5-10-17/h3-11,14H,12-13H2,1-2H3,(H,19,20). The van der Waals surface area contributed by atoms with Gasteiger partial charge in [-0.15, -0.1) is 11.8 Å². The molecule has 0 unspecified atom stereocenters. The zero-order valence-electron chi connectivity index (χ0n) is 12.9. The second-order valence-electron chi connectivity index (χ2n) is 5.19. The van der Waals surface area contributed by atoms with Gasteiger partial charge in [0.05, 0.1) is 11.9 Å². The molecule has 1 amide bonds. The Kier molecular flexibility index (Phi) is 6.34. The zero-order chi connectivity index (χ0) is 15.8. The van der Waals surface area contributed by atoms with Crippen LogP contribution in [0.2, 0.25) is 0 Å². The van der Waals surface area contributed by atoms with Crippen LogP contribution in [0.3, 0.4) is 0 Å². The molecule has 0 aliphatic carbocycles. The van der Waals surface area contributed by atoms with Crippen molar-refractivity contribution in [2.24, 2.45) is 0 Å². The summed E-state index contributed by atoms with van der Waals surface area (Å²) in [6, 6.07) is 17.7. The highest BCUT2D eigenvalue weighted by Crippen LogP contribution is 2.17. The van der Waals surface area contributed by atoms with E-state index in [1.807, 2.05) is 68.4 Å². The number of carbonyl (C=O) groups is 1. The quantitative estimate of drug-likeness (QED) is 0.788. The van der Waals surface area contributed by atoms with Crippen LogP contribution in [0.25, 0.3) is 0 Å². The molecule has 4 heteroatoms. The van der Waals surface area contributed by atoms with Gasteiger partial charge in [-0.1, -0.05) is 30.3 Å². The molecule has 22 heavy (non-hydrogen) atoms. The lowest BCUT2D eigenvalue weighted by Crippen LogP contribution is -2.24. The number of benzene rings is 2. The molecule has 0 bridgehead atoms. The molecule has 0 heterocycles. The molecule has 0 aromatic heterocycles. The second-order valence-corrected chi connectivity index (χ2v) is 6.24. The van der Waals surface area contributed by atoms with Gasteiger partial charge >= 0.3 is 0 Å². The summed E-state index contributed by atoms with van der Waals surface area (Å²) in [5.74, 6) is 1.29. The molecule has 3 nitrogen and oxygen atoms in total. The summed E-state index contributed by atoms with van der Waals surface area (Å²) in [5, 5.41) is 2.93. The smallest absolute Gasteiger partial charge is 0.230 e. The fourth-order valence-corrected chi connectivity index (χ4v) is 2.67. The van der Waals surface area contributed by atoms with Crippen molar-refractivity contribution in [3.8, 4) is 5.75 Å². The van der Waals surface area contributed by atoms with Gasteiger partial charge in [0.15, 0.2) is 0 Å². The Morgan fingerprint density at radius 3 is 2.64 bits per heavy atom. The fourth-order valence-electron chi connectivity index (χ4n) is 1.92. The van der Waals surface area contributed by atoms with E-state index in [-0.39, 0.29) is 12.0 Å². The third-order valence-corrected chi connectivity index (χ3v) is 3.89. The summed E-state index contributed by atoms with van der Waals surface area (Å²) < 4.78 is 5.65. The van der Waals surface area contributed by atoms with E-state index in [2.05, 4.69) is 5.32 Å². The average Bonchev–Trinajstić information content (AvgIpc) is 2.52. The van der Waals surface area contributed by atoms with Crippen molar-refractivity contribution in [2.45, 2.75) is 31.4 Å². The van der Waals surface area contributed by atoms with Crippen molar-refractivity contribution < 1.29 is 9.53 Å². The maximum absolute atomic E-state index is 11.9. The molecule has 0 radical (unpaired) electrons. The number of carbonyl (C=O) groups excluding carboxylic acids is 1. The van der Waals surface area contributed by atoms with Crippen molar-refractivity contribution in [3.05, 3.63) is 60.2 Å². The van der Waals surface area contributed by atoms with Crippen molar-refractivity contribution in [1.82, 2.24) is 5.32 Å². The summed E-state index contributed by atoms with van der Waals surface area (Å²) >= 11 is 1.54. The van der Waals surface area contributed by atoms with Gasteiger partial charge in [0.2, 0.25) is 5.91 Å². The molecule has 0 atom stereocenters. The first-order valence-electron chi connectivity index (χ1n) is 7.33. The first kappa shape index (κ1) is 16.4. The van der Waals surface area contributed by atoms with Crippen LogP contribution in [-0.4, -0.2) is 17.8 Å². The highest BCUT2D eigenvalue weighted by molar-refractivity contribution is 8.00. The largest absolute Gasteiger partial charge is 0.491 e. The Morgan fingerprint density at radius 2 is 1.91 bits per heavy atom. The number of amides is 1. The Bertz CT molecular complexity index is 599. The summed E-state index contributed by atoms with van der Waals surface area (Å²) in [6.07, 6.45) is 0.145. The van der Waals surface area contributed by atoms with E-state index >= 15 is 0 Å². The minimum atomic E-state index is 0.0315. The van der Waals surface area contributed by atoms with Gasteiger partial charge in [0.1, 0.15) is 5.75 Å². The molecule has 2 aromatic carbocycles. The van der Waals surface area contributed by atoms with E-state index in [1.54, 1.807) is 0 Å². The van der Waals surface area contributed by atoms with Gasteiger partial charge in [0, 0.05) is 11.4 Å². The van der Waals surface area contributed by atoms with Crippen LogP contribution in [0.1, 0.15) is 19.4 Å². The first-order chi connectivity index (χ1) is 10.6. The fraction of sp³-hybridized carbons (Fsp3) is 0.278. The molecule has 2 aromatic rings. The Labute approximate surface area is 136 Å². The highest BCUT2D eigenvalue weighted by atomic mass is 32.2. The van der Waals surface area contributed by atoms with Crippen LogP contribution in [0.4, 0.5) is 0 Å². The minimum Gasteiger partial charge on any atom is -0.491 e. The lowest BCUT2D eigenvalue weighted by molar-refractivity contribution is -0.118. The van der Waals surface area contributed by atoms with Crippen LogP contribution in [0.5, 0.6) is 5.75 Å². The maximum atomic E-state index is 11.9. The van der Waals surface area contributed by atoms with E-state index < -0.39 is 0 Å². The summed E-state index contributed by atoms with van der Waals surface area (Å²) in [6.45, 7) is 4.51. The number of thioether (sulfide) groups is 1. The van der Waals surface area contributed by atoms with Crippen LogP contribution in [-0.2, 0) is 11.3 Å². The third-order valence-electron chi connectivity index (χ3n) is 2.87. The molecule has 0 saturated carbocycles. The number of ether oxygens (including phenoxy) is 1. The van der Waals surface area contributed by atoms with Gasteiger partial charge in [0.25, 0.3) is 0 Å². The number of hydrogen-bond acceptors (Lipinski definition) is 3. The third kappa shape index (κ3) is 5.82. The van der Waals surface area contributed by atoms with E-state index in [0.29, 0.717) is 12.3 Å². The molecule has 0 spiro atoms. The Balaban J connectivity index is 1.78. The lowest BCUT2D eigenvalue weighted by Gasteiger charge is -2.11. The molecular weight excluding hydrogens is 294 g/mol. The van der Waals surface area contributed by atoms with Crippen LogP contribution < -0.4 is 10.1 Å². The van der Waals surface area contributed by atoms with E-state index in [0.717, 1.165) is 16.2 Å². The van der Waals surface area contributed by atoms with Crippen molar-refractivity contribution in [1.29, 1.82) is 0 Å². The molecule has 0 fully saturated rings. The van der Waals surface area contributed by atoms with Gasteiger partial charge in [-0.3, -0.25) is 4.79 Å². The minimum absolute atomic E-state index is 0.0315. The van der Waals surface area contributed by atoms with Crippen LogP contribution in [0.15, 0.2) is 59.5 Å². The number of rotatable bonds is 7. The Hall–Kier alpha value is -1.94. The second kappa shape index (κ2) is 8.49. The van der Waals surface area contributed by atoms with E-state index in [9.17, 15) is 4.79 Å². The molecule has 1 N–H and O–H groups in total. The number of nitrogens with one attached hydrogen (secondary N) is 1. The van der Waals surface area contributed by atoms with Crippen LogP contribution in [0, 0.1) is 0 Å². The van der Waals surface area contributed by atoms with Gasteiger partial charge < -0.3 is 10.1 Å². The van der Waals surface area contributed by atoms with Gasteiger partial charge in [-0.2, -0.15) is 0 Å². The monoisotopic (exact) mass is 315 g/mol. The topological polar surface area (TPSA) is 38.3 Å². The number of hydrogen-bond donors (Lipinski definition) is 1. The summed E-state index contributed by atoms with van der Waals surface area (Å²) in [4.78, 5) is 13.0. The normalized spacial score (nSPS) is 10.5. The van der Waals surface area contributed by atoms with Crippen molar-refractivity contribution in [3.63, 3.8) is 0 Å². The maximum Gasteiger partial charge on any atom is 0.230 e. The zero-order valence-corrected chi connectivity index (χ0v) is 13.7. The van der Waals surface area contributed by atoms with Crippen molar-refractivity contribution >= 4 is 17.7 Å². The van der Waals surface area contributed by atoms with Crippen molar-refractivity contribution in [2.75, 3.05) is 5.75 Å². The lowest BCUT2D eigenvalue weighted by atomic mass is 10.2. The summed E-state index contributed by atoms with van der Waals surface area (Å²) in [5.41, 5.74) is 1.04. The molecule has 2 rings (SSSR count). The Morgan fingerprint density at radius 1 is 1.14 bits per heavy atom. The predicted octanol–water partition coefficient (Wildman–Crippen LogP) is 3.88. The first-order valence-corrected chi connectivity index (χ1v) is 8.32. The van der Waals surface area contributed by atoms with Gasteiger partial charge in [-0.25, -0.2) is 0 Å². The summed E-state index contributed by atoms with van der Waals surface area (Å²) in [7, 11) is 0. The molecule has 0 aliphatic rings. The predicted molar refractivity (Wildman–Crippen MR) is 91.2 cm³/mol. The molecule has 116 valence electrons. The SMILES string of the molecule is CC(C)Oc1cccc(CNC(=O)CSc2ccccc2)c1. The van der Waals surface area contributed by atoms with Crippen LogP contribution >= 0.6 is 11.8 Å². The molecule has 0 aliphatic heterocycles. The highest BCUT2D eigenvalue weighted by Gasteiger charge is 2.04.